The highest BCUT2D eigenvalue weighted by molar-refractivity contribution is 6.31. The molecule has 1 N–H and O–H groups in total. The third-order valence-electron chi connectivity index (χ3n) is 5.37. The fraction of sp³-hybridized carbons (Fsp3) is 0.200. The first-order valence-electron chi connectivity index (χ1n) is 10.3. The van der Waals surface area contributed by atoms with Gasteiger partial charge in [0.05, 0.1) is 26.5 Å². The molecule has 1 aliphatic heterocycles. The maximum absolute atomic E-state index is 13.1. The quantitative estimate of drug-likeness (QED) is 0.557. The Morgan fingerprint density at radius 1 is 1.06 bits per heavy atom. The van der Waals surface area contributed by atoms with Crippen LogP contribution in [0.4, 0.5) is 11.4 Å². The molecule has 170 valence electrons. The van der Waals surface area contributed by atoms with Crippen molar-refractivity contribution in [1.29, 1.82) is 0 Å². The third kappa shape index (κ3) is 4.45. The minimum Gasteiger partial charge on any atom is -0.496 e. The van der Waals surface area contributed by atoms with Crippen LogP contribution in [0.25, 0.3) is 0 Å². The number of nitrogens with one attached hydrogen (secondary N) is 1. The third-order valence-corrected chi connectivity index (χ3v) is 5.74. The summed E-state index contributed by atoms with van der Waals surface area (Å²) in [6.45, 7) is 1.98. The minimum atomic E-state index is -0.640. The van der Waals surface area contributed by atoms with Crippen LogP contribution in [0, 0.1) is 0 Å². The first-order chi connectivity index (χ1) is 15.9. The van der Waals surface area contributed by atoms with E-state index in [1.165, 1.54) is 14.2 Å². The van der Waals surface area contributed by atoms with Crippen molar-refractivity contribution in [2.45, 2.75) is 19.6 Å². The van der Waals surface area contributed by atoms with Gasteiger partial charge in [0.25, 0.3) is 11.8 Å². The van der Waals surface area contributed by atoms with Gasteiger partial charge in [-0.25, -0.2) is 0 Å². The number of hydrogen-bond donors (Lipinski definition) is 1. The number of nitrogens with zero attached hydrogens (tertiary/aromatic N) is 1. The molecular formula is C25H23ClN2O5. The fourth-order valence-corrected chi connectivity index (χ4v) is 3.91. The molecular weight excluding hydrogens is 444 g/mol. The van der Waals surface area contributed by atoms with Gasteiger partial charge in [-0.2, -0.15) is 0 Å². The number of hydrogen-bond acceptors (Lipinski definition) is 5. The number of methoxy groups -OCH3 is 2. The fourth-order valence-electron chi connectivity index (χ4n) is 3.71. The van der Waals surface area contributed by atoms with Gasteiger partial charge in [0.2, 0.25) is 0 Å². The largest absolute Gasteiger partial charge is 0.496 e. The molecule has 0 saturated carbocycles. The van der Waals surface area contributed by atoms with E-state index in [-0.39, 0.29) is 18.0 Å². The molecule has 3 aromatic rings. The lowest BCUT2D eigenvalue weighted by atomic mass is 10.1. The summed E-state index contributed by atoms with van der Waals surface area (Å²) in [5, 5.41) is 3.43. The second kappa shape index (κ2) is 9.42. The van der Waals surface area contributed by atoms with E-state index in [2.05, 4.69) is 5.32 Å². The van der Waals surface area contributed by atoms with Crippen molar-refractivity contribution in [2.24, 2.45) is 0 Å². The van der Waals surface area contributed by atoms with E-state index < -0.39 is 12.0 Å². The monoisotopic (exact) mass is 466 g/mol. The molecule has 3 aromatic carbocycles. The van der Waals surface area contributed by atoms with E-state index in [1.807, 2.05) is 18.2 Å². The number of fused-ring (bicyclic) bond motifs is 1. The van der Waals surface area contributed by atoms with E-state index >= 15 is 0 Å². The summed E-state index contributed by atoms with van der Waals surface area (Å²) >= 11 is 6.33. The standard InChI is InChI=1S/C25H23ClN2O5/c1-15-25(30)28(14-16-7-4-5-8-18(16)26)19-13-17(11-12-20(19)33-15)27-24(29)23-21(31-2)9-6-10-22(23)32-3/h4-13,15H,14H2,1-3H3,(H,27,29). The van der Waals surface area contributed by atoms with Crippen LogP contribution in [-0.2, 0) is 11.3 Å². The molecule has 0 fully saturated rings. The molecule has 1 aliphatic rings. The summed E-state index contributed by atoms with van der Waals surface area (Å²) in [6, 6.07) is 17.6. The minimum absolute atomic E-state index is 0.197. The summed E-state index contributed by atoms with van der Waals surface area (Å²) in [5.74, 6) is 0.715. The Bertz CT molecular complexity index is 1190. The zero-order valence-corrected chi connectivity index (χ0v) is 19.2. The Morgan fingerprint density at radius 2 is 1.76 bits per heavy atom. The number of ether oxygens (including phenoxy) is 3. The van der Waals surface area contributed by atoms with Gasteiger partial charge in [-0.15, -0.1) is 0 Å². The molecule has 8 heteroatoms. The molecule has 2 amide bonds. The Balaban J connectivity index is 1.67. The van der Waals surface area contributed by atoms with E-state index in [9.17, 15) is 9.59 Å². The zero-order chi connectivity index (χ0) is 23.5. The van der Waals surface area contributed by atoms with Crippen LogP contribution < -0.4 is 24.4 Å². The average molecular weight is 467 g/mol. The molecule has 0 radical (unpaired) electrons. The molecule has 0 bridgehead atoms. The van der Waals surface area contributed by atoms with Gasteiger partial charge in [0.1, 0.15) is 22.8 Å². The number of carbonyl (C=O) groups excluding carboxylic acids is 2. The smallest absolute Gasteiger partial charge is 0.268 e. The number of anilines is 2. The van der Waals surface area contributed by atoms with Gasteiger partial charge in [0, 0.05) is 10.7 Å². The van der Waals surface area contributed by atoms with Crippen molar-refractivity contribution >= 4 is 34.8 Å². The molecule has 1 unspecified atom stereocenters. The van der Waals surface area contributed by atoms with Gasteiger partial charge in [-0.1, -0.05) is 35.9 Å². The Kier molecular flexibility index (Phi) is 6.42. The number of benzene rings is 3. The van der Waals surface area contributed by atoms with Gasteiger partial charge >= 0.3 is 0 Å². The highest BCUT2D eigenvalue weighted by Crippen LogP contribution is 2.38. The van der Waals surface area contributed by atoms with Crippen molar-refractivity contribution in [3.05, 3.63) is 76.8 Å². The molecule has 0 aromatic heterocycles. The van der Waals surface area contributed by atoms with Crippen LogP contribution in [0.5, 0.6) is 17.2 Å². The Labute approximate surface area is 196 Å². The lowest BCUT2D eigenvalue weighted by Crippen LogP contribution is -2.44. The lowest BCUT2D eigenvalue weighted by molar-refractivity contribution is -0.125. The molecule has 7 nitrogen and oxygen atoms in total. The maximum Gasteiger partial charge on any atom is 0.268 e. The molecule has 1 atom stereocenters. The molecule has 0 saturated heterocycles. The van der Waals surface area contributed by atoms with Crippen LogP contribution in [0.3, 0.4) is 0 Å². The lowest BCUT2D eigenvalue weighted by Gasteiger charge is -2.33. The van der Waals surface area contributed by atoms with E-state index in [1.54, 1.807) is 54.3 Å². The van der Waals surface area contributed by atoms with E-state index in [0.717, 1.165) is 5.56 Å². The van der Waals surface area contributed by atoms with Gasteiger partial charge in [0.15, 0.2) is 6.10 Å². The van der Waals surface area contributed by atoms with Gasteiger partial charge < -0.3 is 24.4 Å². The van der Waals surface area contributed by atoms with Crippen molar-refractivity contribution < 1.29 is 23.8 Å². The highest BCUT2D eigenvalue weighted by atomic mass is 35.5. The van der Waals surface area contributed by atoms with Crippen LogP contribution >= 0.6 is 11.6 Å². The van der Waals surface area contributed by atoms with E-state index in [4.69, 9.17) is 25.8 Å². The van der Waals surface area contributed by atoms with Crippen LogP contribution in [0.15, 0.2) is 60.7 Å². The number of rotatable bonds is 6. The normalized spacial score (nSPS) is 14.8. The predicted octanol–water partition coefficient (Wildman–Crippen LogP) is 4.92. The Hall–Kier alpha value is -3.71. The zero-order valence-electron chi connectivity index (χ0n) is 18.4. The van der Waals surface area contributed by atoms with Crippen molar-refractivity contribution in [3.8, 4) is 17.2 Å². The van der Waals surface area contributed by atoms with Crippen molar-refractivity contribution in [1.82, 2.24) is 0 Å². The van der Waals surface area contributed by atoms with Gasteiger partial charge in [-0.3, -0.25) is 9.59 Å². The number of amides is 2. The summed E-state index contributed by atoms with van der Waals surface area (Å²) in [5.41, 5.74) is 2.11. The van der Waals surface area contributed by atoms with Crippen LogP contribution in [-0.4, -0.2) is 32.1 Å². The predicted molar refractivity (Wildman–Crippen MR) is 127 cm³/mol. The first-order valence-corrected chi connectivity index (χ1v) is 10.7. The maximum atomic E-state index is 13.1. The Morgan fingerprint density at radius 3 is 2.42 bits per heavy atom. The van der Waals surface area contributed by atoms with E-state index in [0.29, 0.717) is 33.6 Å². The molecule has 1 heterocycles. The topological polar surface area (TPSA) is 77.1 Å². The molecule has 0 spiro atoms. The molecule has 33 heavy (non-hydrogen) atoms. The molecule has 4 rings (SSSR count). The van der Waals surface area contributed by atoms with Crippen LogP contribution in [0.2, 0.25) is 5.02 Å². The summed E-state index contributed by atoms with van der Waals surface area (Å²) in [4.78, 5) is 27.7. The number of halogens is 1. The summed E-state index contributed by atoms with van der Waals surface area (Å²) in [6.07, 6.45) is -0.640. The second-order valence-electron chi connectivity index (χ2n) is 7.45. The average Bonchev–Trinajstić information content (AvgIpc) is 2.82. The van der Waals surface area contributed by atoms with Crippen molar-refractivity contribution in [3.63, 3.8) is 0 Å². The van der Waals surface area contributed by atoms with Crippen molar-refractivity contribution in [2.75, 3.05) is 24.4 Å². The SMILES string of the molecule is COc1cccc(OC)c1C(=O)Nc1ccc2c(c1)N(Cc1ccccc1Cl)C(=O)C(C)O2. The van der Waals surface area contributed by atoms with Crippen LogP contribution in [0.1, 0.15) is 22.8 Å². The highest BCUT2D eigenvalue weighted by Gasteiger charge is 2.32. The molecule has 0 aliphatic carbocycles. The first kappa shape index (κ1) is 22.5. The second-order valence-corrected chi connectivity index (χ2v) is 7.86. The van der Waals surface area contributed by atoms with Gasteiger partial charge in [-0.05, 0) is 48.9 Å². The summed E-state index contributed by atoms with van der Waals surface area (Å²) < 4.78 is 16.4. The number of carbonyl (C=O) groups is 2. The summed E-state index contributed by atoms with van der Waals surface area (Å²) in [7, 11) is 2.97.